The van der Waals surface area contributed by atoms with Crippen LogP contribution >= 0.6 is 0 Å². The fourth-order valence-electron chi connectivity index (χ4n) is 2.53. The van der Waals surface area contributed by atoms with Gasteiger partial charge in [0, 0.05) is 12.2 Å². The number of methoxy groups -OCH3 is 1. The molecule has 1 unspecified atom stereocenters. The largest absolute Gasteiger partial charge is 0.497 e. The smallest absolute Gasteiger partial charge is 0.451 e. The SMILES string of the molecule is CCCCOC(C)OCCCc1nc(-c2ccc(OC)cc2)oc1C(F)(F)F. The summed E-state index contributed by atoms with van der Waals surface area (Å²) >= 11 is 0. The number of hydrogen-bond acceptors (Lipinski definition) is 5. The van der Waals surface area contributed by atoms with Crippen LogP contribution in [-0.2, 0) is 22.1 Å². The Kier molecular flexibility index (Phi) is 8.32. The number of nitrogens with zero attached hydrogens (tertiary/aromatic N) is 1. The van der Waals surface area contributed by atoms with Gasteiger partial charge in [0.05, 0.1) is 19.4 Å². The molecule has 28 heavy (non-hydrogen) atoms. The Balaban J connectivity index is 1.99. The molecule has 2 aromatic rings. The van der Waals surface area contributed by atoms with Crippen molar-refractivity contribution >= 4 is 0 Å². The third-order valence-corrected chi connectivity index (χ3v) is 4.05. The van der Waals surface area contributed by atoms with Crippen LogP contribution in [0.1, 0.15) is 44.6 Å². The minimum Gasteiger partial charge on any atom is -0.497 e. The summed E-state index contributed by atoms with van der Waals surface area (Å²) in [6, 6.07) is 6.49. The molecule has 156 valence electrons. The van der Waals surface area contributed by atoms with Gasteiger partial charge in [-0.1, -0.05) is 13.3 Å². The zero-order chi connectivity index (χ0) is 20.6. The molecule has 0 aliphatic rings. The van der Waals surface area contributed by atoms with Crippen molar-refractivity contribution in [1.82, 2.24) is 4.98 Å². The van der Waals surface area contributed by atoms with Gasteiger partial charge in [-0.3, -0.25) is 0 Å². The lowest BCUT2D eigenvalue weighted by molar-refractivity contribution is -0.153. The second kappa shape index (κ2) is 10.5. The zero-order valence-electron chi connectivity index (χ0n) is 16.3. The van der Waals surface area contributed by atoms with E-state index < -0.39 is 11.9 Å². The normalized spacial score (nSPS) is 12.9. The van der Waals surface area contributed by atoms with E-state index in [1.165, 1.54) is 7.11 Å². The van der Waals surface area contributed by atoms with Crippen LogP contribution in [0.15, 0.2) is 28.7 Å². The number of unbranched alkanes of at least 4 members (excludes halogenated alkanes) is 1. The molecule has 0 bridgehead atoms. The van der Waals surface area contributed by atoms with E-state index in [-0.39, 0.29) is 30.9 Å². The number of hydrogen-bond donors (Lipinski definition) is 0. The predicted octanol–water partition coefficient (Wildman–Crippen LogP) is 5.48. The molecule has 0 aliphatic carbocycles. The monoisotopic (exact) mass is 401 g/mol. The molecule has 0 N–H and O–H groups in total. The molecule has 0 radical (unpaired) electrons. The highest BCUT2D eigenvalue weighted by molar-refractivity contribution is 5.55. The van der Waals surface area contributed by atoms with Crippen molar-refractivity contribution < 1.29 is 31.8 Å². The van der Waals surface area contributed by atoms with E-state index in [0.29, 0.717) is 24.3 Å². The lowest BCUT2D eigenvalue weighted by Crippen LogP contribution is -2.15. The quantitative estimate of drug-likeness (QED) is 0.369. The maximum Gasteiger partial charge on any atom is 0.451 e. The summed E-state index contributed by atoms with van der Waals surface area (Å²) in [5, 5.41) is 0. The summed E-state index contributed by atoms with van der Waals surface area (Å²) < 4.78 is 60.9. The van der Waals surface area contributed by atoms with Crippen LogP contribution in [0.3, 0.4) is 0 Å². The Bertz CT molecular complexity index is 713. The minimum atomic E-state index is -4.61. The number of oxazole rings is 1. The van der Waals surface area contributed by atoms with Gasteiger partial charge in [0.2, 0.25) is 11.7 Å². The van der Waals surface area contributed by atoms with Crippen molar-refractivity contribution in [2.45, 2.75) is 52.0 Å². The summed E-state index contributed by atoms with van der Waals surface area (Å²) in [6.45, 7) is 4.71. The lowest BCUT2D eigenvalue weighted by atomic mass is 10.2. The van der Waals surface area contributed by atoms with E-state index in [1.807, 2.05) is 0 Å². The molecule has 1 aromatic carbocycles. The predicted molar refractivity (Wildman–Crippen MR) is 98.1 cm³/mol. The number of ether oxygens (including phenoxy) is 3. The van der Waals surface area contributed by atoms with E-state index in [4.69, 9.17) is 18.6 Å². The topological polar surface area (TPSA) is 53.7 Å². The van der Waals surface area contributed by atoms with Gasteiger partial charge in [-0.05, 0) is 50.5 Å². The van der Waals surface area contributed by atoms with Gasteiger partial charge in [-0.15, -0.1) is 0 Å². The van der Waals surface area contributed by atoms with Gasteiger partial charge in [-0.25, -0.2) is 4.98 Å². The zero-order valence-corrected chi connectivity index (χ0v) is 16.3. The summed E-state index contributed by atoms with van der Waals surface area (Å²) in [6.07, 6.45) is -2.56. The van der Waals surface area contributed by atoms with E-state index >= 15 is 0 Å². The van der Waals surface area contributed by atoms with Crippen LogP contribution in [0.5, 0.6) is 5.75 Å². The van der Waals surface area contributed by atoms with Gasteiger partial charge >= 0.3 is 6.18 Å². The molecule has 0 saturated heterocycles. The second-order valence-electron chi connectivity index (χ2n) is 6.29. The van der Waals surface area contributed by atoms with Crippen LogP contribution in [-0.4, -0.2) is 31.6 Å². The number of alkyl halides is 3. The molecule has 0 amide bonds. The first-order chi connectivity index (χ1) is 13.3. The molecular formula is C20H26F3NO4. The number of benzene rings is 1. The van der Waals surface area contributed by atoms with Crippen LogP contribution in [0.2, 0.25) is 0 Å². The van der Waals surface area contributed by atoms with Crippen molar-refractivity contribution in [3.63, 3.8) is 0 Å². The fourth-order valence-corrected chi connectivity index (χ4v) is 2.53. The molecule has 0 fully saturated rings. The van der Waals surface area contributed by atoms with Gasteiger partial charge in [0.15, 0.2) is 6.29 Å². The summed E-state index contributed by atoms with van der Waals surface area (Å²) in [4.78, 5) is 4.07. The Morgan fingerprint density at radius 1 is 1.07 bits per heavy atom. The van der Waals surface area contributed by atoms with Crippen molar-refractivity contribution in [3.05, 3.63) is 35.7 Å². The molecule has 2 rings (SSSR count). The average molecular weight is 401 g/mol. The molecule has 8 heteroatoms. The van der Waals surface area contributed by atoms with Crippen LogP contribution < -0.4 is 4.74 Å². The molecule has 1 aromatic heterocycles. The Morgan fingerprint density at radius 3 is 2.29 bits per heavy atom. The second-order valence-corrected chi connectivity index (χ2v) is 6.29. The standard InChI is InChI=1S/C20H26F3NO4/c1-4-5-12-26-14(2)27-13-6-7-17-18(20(21,22)23)28-19(24-17)15-8-10-16(25-3)11-9-15/h8-11,14H,4-7,12-13H2,1-3H3. The molecular weight excluding hydrogens is 375 g/mol. The minimum absolute atomic E-state index is 0.0674. The number of aryl methyl sites for hydroxylation is 1. The summed E-state index contributed by atoms with van der Waals surface area (Å²) in [7, 11) is 1.51. The van der Waals surface area contributed by atoms with Gasteiger partial charge in [0.25, 0.3) is 0 Å². The van der Waals surface area contributed by atoms with Crippen molar-refractivity contribution in [1.29, 1.82) is 0 Å². The highest BCUT2D eigenvalue weighted by Gasteiger charge is 2.39. The Hall–Kier alpha value is -2.06. The maximum atomic E-state index is 13.3. The van der Waals surface area contributed by atoms with E-state index in [2.05, 4.69) is 11.9 Å². The highest BCUT2D eigenvalue weighted by atomic mass is 19.4. The van der Waals surface area contributed by atoms with E-state index in [9.17, 15) is 13.2 Å². The third kappa shape index (κ3) is 6.53. The number of halogens is 3. The van der Waals surface area contributed by atoms with E-state index in [1.54, 1.807) is 31.2 Å². The average Bonchev–Trinajstić information content (AvgIpc) is 3.10. The molecule has 0 saturated carbocycles. The lowest BCUT2D eigenvalue weighted by Gasteiger charge is -2.13. The number of aromatic nitrogens is 1. The van der Waals surface area contributed by atoms with Gasteiger partial charge < -0.3 is 18.6 Å². The van der Waals surface area contributed by atoms with Gasteiger partial charge in [0.1, 0.15) is 5.75 Å². The number of rotatable bonds is 11. The molecule has 1 heterocycles. The Labute approximate surface area is 162 Å². The fraction of sp³-hybridized carbons (Fsp3) is 0.550. The van der Waals surface area contributed by atoms with Crippen LogP contribution in [0.4, 0.5) is 13.2 Å². The molecule has 1 atom stereocenters. The first-order valence-electron chi connectivity index (χ1n) is 9.29. The van der Waals surface area contributed by atoms with Crippen LogP contribution in [0.25, 0.3) is 11.5 Å². The molecule has 0 aliphatic heterocycles. The van der Waals surface area contributed by atoms with E-state index in [0.717, 1.165) is 12.8 Å². The van der Waals surface area contributed by atoms with Crippen molar-refractivity contribution in [2.75, 3.05) is 20.3 Å². The van der Waals surface area contributed by atoms with Crippen molar-refractivity contribution in [3.8, 4) is 17.2 Å². The third-order valence-electron chi connectivity index (χ3n) is 4.05. The molecule has 5 nitrogen and oxygen atoms in total. The first kappa shape index (κ1) is 22.2. The maximum absolute atomic E-state index is 13.3. The van der Waals surface area contributed by atoms with Gasteiger partial charge in [-0.2, -0.15) is 13.2 Å². The molecule has 0 spiro atoms. The summed E-state index contributed by atoms with van der Waals surface area (Å²) in [5.74, 6) is -0.535. The van der Waals surface area contributed by atoms with Crippen molar-refractivity contribution in [2.24, 2.45) is 0 Å². The highest BCUT2D eigenvalue weighted by Crippen LogP contribution is 2.36. The van der Waals surface area contributed by atoms with Crippen LogP contribution in [0, 0.1) is 0 Å². The first-order valence-corrected chi connectivity index (χ1v) is 9.29. The Morgan fingerprint density at radius 2 is 1.71 bits per heavy atom. The summed E-state index contributed by atoms with van der Waals surface area (Å²) in [5.41, 5.74) is 0.327.